The monoisotopic (exact) mass is 476 g/mol. The topological polar surface area (TPSA) is 81.8 Å². The van der Waals surface area contributed by atoms with Crippen molar-refractivity contribution in [1.29, 1.82) is 0 Å². The highest BCUT2D eigenvalue weighted by atomic mass is 79.9. The fraction of sp³-hybridized carbons (Fsp3) is 0.286. The lowest BCUT2D eigenvalue weighted by Crippen LogP contribution is -2.50. The van der Waals surface area contributed by atoms with Gasteiger partial charge in [-0.15, -0.1) is 0 Å². The minimum Gasteiger partial charge on any atom is -0.347 e. The zero-order valence-electron chi connectivity index (χ0n) is 16.2. The predicted molar refractivity (Wildman–Crippen MR) is 115 cm³/mol. The first-order valence-electron chi connectivity index (χ1n) is 9.54. The van der Waals surface area contributed by atoms with Crippen LogP contribution in [0, 0.1) is 5.82 Å². The fourth-order valence-electron chi connectivity index (χ4n) is 3.08. The van der Waals surface area contributed by atoms with Crippen molar-refractivity contribution >= 4 is 39.3 Å². The Hall–Kier alpha value is -2.78. The van der Waals surface area contributed by atoms with Crippen molar-refractivity contribution in [1.82, 2.24) is 15.1 Å². The second-order valence-electron chi connectivity index (χ2n) is 6.86. The van der Waals surface area contributed by atoms with E-state index >= 15 is 0 Å². The maximum absolute atomic E-state index is 13.0. The molecular formula is C21H22BrFN4O3. The van der Waals surface area contributed by atoms with Gasteiger partial charge in [-0.1, -0.05) is 15.9 Å². The van der Waals surface area contributed by atoms with Gasteiger partial charge in [0.05, 0.1) is 0 Å². The smallest absolute Gasteiger partial charge is 0.313 e. The second-order valence-corrected chi connectivity index (χ2v) is 7.77. The standard InChI is InChI=1S/C21H22BrFN4O3/c22-16-3-7-18(8-4-16)25-20(29)19(28)24-9-10-26-11-13-27(14-12-26)21(30)15-1-5-17(23)6-2-15/h1-8H,9-14H2,(H,24,28)(H,25,29). The number of hydrogen-bond acceptors (Lipinski definition) is 4. The Morgan fingerprint density at radius 1 is 0.900 bits per heavy atom. The van der Waals surface area contributed by atoms with E-state index in [4.69, 9.17) is 0 Å². The van der Waals surface area contributed by atoms with Crippen molar-refractivity contribution in [2.24, 2.45) is 0 Å². The number of benzene rings is 2. The van der Waals surface area contributed by atoms with Crippen LogP contribution in [0.5, 0.6) is 0 Å². The minimum atomic E-state index is -0.716. The zero-order valence-corrected chi connectivity index (χ0v) is 17.8. The molecule has 2 aromatic carbocycles. The van der Waals surface area contributed by atoms with Crippen molar-refractivity contribution < 1.29 is 18.8 Å². The molecular weight excluding hydrogens is 455 g/mol. The van der Waals surface area contributed by atoms with Gasteiger partial charge in [0, 0.05) is 55.0 Å². The molecule has 0 bridgehead atoms. The summed E-state index contributed by atoms with van der Waals surface area (Å²) in [6, 6.07) is 12.5. The van der Waals surface area contributed by atoms with Crippen LogP contribution in [0.4, 0.5) is 10.1 Å². The van der Waals surface area contributed by atoms with Crippen LogP contribution in [-0.2, 0) is 9.59 Å². The molecule has 30 heavy (non-hydrogen) atoms. The van der Waals surface area contributed by atoms with Crippen molar-refractivity contribution in [3.63, 3.8) is 0 Å². The average Bonchev–Trinajstić information content (AvgIpc) is 2.76. The van der Waals surface area contributed by atoms with Crippen LogP contribution in [0.3, 0.4) is 0 Å². The molecule has 9 heteroatoms. The third kappa shape index (κ3) is 6.11. The molecule has 0 saturated carbocycles. The third-order valence-electron chi connectivity index (χ3n) is 4.77. The van der Waals surface area contributed by atoms with Crippen LogP contribution in [0.1, 0.15) is 10.4 Å². The zero-order chi connectivity index (χ0) is 21.5. The van der Waals surface area contributed by atoms with E-state index in [2.05, 4.69) is 31.5 Å². The summed E-state index contributed by atoms with van der Waals surface area (Å²) in [6.07, 6.45) is 0. The number of hydrogen-bond donors (Lipinski definition) is 2. The molecule has 1 fully saturated rings. The highest BCUT2D eigenvalue weighted by molar-refractivity contribution is 9.10. The van der Waals surface area contributed by atoms with Crippen LogP contribution < -0.4 is 10.6 Å². The first kappa shape index (κ1) is 21.9. The van der Waals surface area contributed by atoms with Gasteiger partial charge in [-0.3, -0.25) is 19.3 Å². The highest BCUT2D eigenvalue weighted by Crippen LogP contribution is 2.14. The summed E-state index contributed by atoms with van der Waals surface area (Å²) < 4.78 is 13.9. The lowest BCUT2D eigenvalue weighted by atomic mass is 10.2. The minimum absolute atomic E-state index is 0.118. The summed E-state index contributed by atoms with van der Waals surface area (Å²) in [6.45, 7) is 3.33. The van der Waals surface area contributed by atoms with Crippen LogP contribution in [0.2, 0.25) is 0 Å². The largest absolute Gasteiger partial charge is 0.347 e. The third-order valence-corrected chi connectivity index (χ3v) is 5.30. The Labute approximate surface area is 182 Å². The summed E-state index contributed by atoms with van der Waals surface area (Å²) in [5.74, 6) is -1.90. The summed E-state index contributed by atoms with van der Waals surface area (Å²) in [5, 5.41) is 5.15. The summed E-state index contributed by atoms with van der Waals surface area (Å²) in [5.41, 5.74) is 1.01. The highest BCUT2D eigenvalue weighted by Gasteiger charge is 2.22. The van der Waals surface area contributed by atoms with Crippen molar-refractivity contribution in [2.45, 2.75) is 0 Å². The molecule has 0 aromatic heterocycles. The SMILES string of the molecule is O=C(NCCN1CCN(C(=O)c2ccc(F)cc2)CC1)C(=O)Nc1ccc(Br)cc1. The molecule has 0 aliphatic carbocycles. The van der Waals surface area contributed by atoms with Gasteiger partial charge in [0.1, 0.15) is 5.82 Å². The second kappa shape index (κ2) is 10.3. The lowest BCUT2D eigenvalue weighted by Gasteiger charge is -2.34. The first-order chi connectivity index (χ1) is 14.4. The molecule has 1 aliphatic heterocycles. The van der Waals surface area contributed by atoms with Crippen LogP contribution in [0.25, 0.3) is 0 Å². The Kier molecular flexibility index (Phi) is 7.53. The maximum Gasteiger partial charge on any atom is 0.313 e. The molecule has 3 amide bonds. The van der Waals surface area contributed by atoms with Gasteiger partial charge in [0.2, 0.25) is 0 Å². The lowest BCUT2D eigenvalue weighted by molar-refractivity contribution is -0.136. The molecule has 3 rings (SSSR count). The van der Waals surface area contributed by atoms with Gasteiger partial charge in [0.15, 0.2) is 0 Å². The van der Waals surface area contributed by atoms with E-state index in [1.54, 1.807) is 29.2 Å². The fourth-order valence-corrected chi connectivity index (χ4v) is 3.34. The number of halogens is 2. The number of amides is 3. The molecule has 0 radical (unpaired) electrons. The number of piperazine rings is 1. The molecule has 2 N–H and O–H groups in total. The van der Waals surface area contributed by atoms with E-state index in [0.29, 0.717) is 50.5 Å². The number of rotatable bonds is 5. The van der Waals surface area contributed by atoms with Gasteiger partial charge < -0.3 is 15.5 Å². The van der Waals surface area contributed by atoms with Crippen LogP contribution in [-0.4, -0.2) is 66.8 Å². The van der Waals surface area contributed by atoms with Crippen LogP contribution >= 0.6 is 15.9 Å². The Morgan fingerprint density at radius 2 is 1.53 bits per heavy atom. The van der Waals surface area contributed by atoms with Gasteiger partial charge in [-0.05, 0) is 48.5 Å². The normalized spacial score (nSPS) is 14.3. The molecule has 1 heterocycles. The molecule has 7 nitrogen and oxygen atoms in total. The van der Waals surface area contributed by atoms with Crippen LogP contribution in [0.15, 0.2) is 53.0 Å². The summed E-state index contributed by atoms with van der Waals surface area (Å²) >= 11 is 3.31. The molecule has 158 valence electrons. The van der Waals surface area contributed by atoms with E-state index in [1.807, 2.05) is 0 Å². The maximum atomic E-state index is 13.0. The number of carbonyl (C=O) groups excluding carboxylic acids is 3. The number of nitrogens with one attached hydrogen (secondary N) is 2. The summed E-state index contributed by atoms with van der Waals surface area (Å²) in [4.78, 5) is 40.2. The van der Waals surface area contributed by atoms with E-state index in [0.717, 1.165) is 4.47 Å². The average molecular weight is 477 g/mol. The summed E-state index contributed by atoms with van der Waals surface area (Å²) in [7, 11) is 0. The van der Waals surface area contributed by atoms with E-state index < -0.39 is 11.8 Å². The number of nitrogens with zero attached hydrogens (tertiary/aromatic N) is 2. The van der Waals surface area contributed by atoms with E-state index in [9.17, 15) is 18.8 Å². The Balaban J connectivity index is 1.36. The molecule has 2 aromatic rings. The first-order valence-corrected chi connectivity index (χ1v) is 10.3. The predicted octanol–water partition coefficient (Wildman–Crippen LogP) is 2.10. The molecule has 0 spiro atoms. The quantitative estimate of drug-likeness (QED) is 0.647. The van der Waals surface area contributed by atoms with Crippen molar-refractivity contribution in [3.8, 4) is 0 Å². The molecule has 0 atom stereocenters. The van der Waals surface area contributed by atoms with Crippen molar-refractivity contribution in [3.05, 3.63) is 64.4 Å². The number of carbonyl (C=O) groups is 3. The van der Waals surface area contributed by atoms with Gasteiger partial charge >= 0.3 is 11.8 Å². The number of anilines is 1. The Bertz CT molecular complexity index is 897. The van der Waals surface area contributed by atoms with E-state index in [1.165, 1.54) is 24.3 Å². The van der Waals surface area contributed by atoms with Gasteiger partial charge in [-0.2, -0.15) is 0 Å². The van der Waals surface area contributed by atoms with Gasteiger partial charge in [0.25, 0.3) is 5.91 Å². The molecule has 1 aliphatic rings. The Morgan fingerprint density at radius 3 is 2.17 bits per heavy atom. The molecule has 0 unspecified atom stereocenters. The van der Waals surface area contributed by atoms with Crippen molar-refractivity contribution in [2.75, 3.05) is 44.6 Å². The molecule has 1 saturated heterocycles. The van der Waals surface area contributed by atoms with E-state index in [-0.39, 0.29) is 11.7 Å². The van der Waals surface area contributed by atoms with Gasteiger partial charge in [-0.25, -0.2) is 4.39 Å².